The van der Waals surface area contributed by atoms with E-state index < -0.39 is 0 Å². The van der Waals surface area contributed by atoms with Gasteiger partial charge in [-0.1, -0.05) is 28.1 Å². The van der Waals surface area contributed by atoms with Gasteiger partial charge in [0.05, 0.1) is 20.8 Å². The second-order valence-corrected chi connectivity index (χ2v) is 5.90. The summed E-state index contributed by atoms with van der Waals surface area (Å²) in [6, 6.07) is 12.0. The van der Waals surface area contributed by atoms with Crippen molar-refractivity contribution in [1.82, 2.24) is 5.32 Å². The molecule has 0 aliphatic rings. The molecule has 0 unspecified atom stereocenters. The number of ether oxygens (including phenoxy) is 3. The van der Waals surface area contributed by atoms with Gasteiger partial charge in [0.1, 0.15) is 5.75 Å². The first kappa shape index (κ1) is 17.6. The molecule has 0 radical (unpaired) electrons. The van der Waals surface area contributed by atoms with Crippen molar-refractivity contribution < 1.29 is 14.2 Å². The lowest BCUT2D eigenvalue weighted by atomic mass is 10.1. The lowest BCUT2D eigenvalue weighted by Crippen LogP contribution is -2.14. The Morgan fingerprint density at radius 3 is 2.35 bits per heavy atom. The smallest absolute Gasteiger partial charge is 0.165 e. The fourth-order valence-corrected chi connectivity index (χ4v) is 2.78. The van der Waals surface area contributed by atoms with E-state index in [9.17, 15) is 0 Å². The molecule has 23 heavy (non-hydrogen) atoms. The average molecular weight is 380 g/mol. The molecular formula is C18H22BrNO3. The Morgan fingerprint density at radius 1 is 1.00 bits per heavy atom. The number of hydrogen-bond donors (Lipinski definition) is 1. The molecule has 2 aromatic rings. The Balaban J connectivity index is 2.05. The highest BCUT2D eigenvalue weighted by molar-refractivity contribution is 9.10. The number of hydrogen-bond acceptors (Lipinski definition) is 4. The SMILES string of the molecule is CCOc1c(CNCc2ccc(OC)cc2)cc(Br)cc1OC. The predicted octanol–water partition coefficient (Wildman–Crippen LogP) is 4.15. The number of methoxy groups -OCH3 is 2. The van der Waals surface area contributed by atoms with Gasteiger partial charge in [0.25, 0.3) is 0 Å². The van der Waals surface area contributed by atoms with Crippen LogP contribution in [0, 0.1) is 0 Å². The van der Waals surface area contributed by atoms with Crippen molar-refractivity contribution in [3.05, 3.63) is 52.0 Å². The maximum atomic E-state index is 5.74. The van der Waals surface area contributed by atoms with Crippen LogP contribution in [0.4, 0.5) is 0 Å². The molecule has 0 spiro atoms. The molecule has 0 bridgehead atoms. The van der Waals surface area contributed by atoms with E-state index in [-0.39, 0.29) is 0 Å². The third-order valence-corrected chi connectivity index (χ3v) is 3.87. The Kier molecular flexibility index (Phi) is 6.74. The molecule has 0 atom stereocenters. The molecule has 0 heterocycles. The van der Waals surface area contributed by atoms with Crippen molar-refractivity contribution in [1.29, 1.82) is 0 Å². The van der Waals surface area contributed by atoms with Gasteiger partial charge in [-0.2, -0.15) is 0 Å². The summed E-state index contributed by atoms with van der Waals surface area (Å²) in [5.74, 6) is 2.40. The first-order chi connectivity index (χ1) is 11.2. The van der Waals surface area contributed by atoms with Crippen molar-refractivity contribution >= 4 is 15.9 Å². The first-order valence-electron chi connectivity index (χ1n) is 7.50. The van der Waals surface area contributed by atoms with Gasteiger partial charge >= 0.3 is 0 Å². The van der Waals surface area contributed by atoms with Crippen LogP contribution in [0.5, 0.6) is 17.2 Å². The molecule has 1 N–H and O–H groups in total. The Hall–Kier alpha value is -1.72. The van der Waals surface area contributed by atoms with Gasteiger partial charge in [0, 0.05) is 23.1 Å². The fourth-order valence-electron chi connectivity index (χ4n) is 2.30. The topological polar surface area (TPSA) is 39.7 Å². The van der Waals surface area contributed by atoms with Gasteiger partial charge in [-0.3, -0.25) is 0 Å². The van der Waals surface area contributed by atoms with E-state index in [1.165, 1.54) is 5.56 Å². The van der Waals surface area contributed by atoms with Gasteiger partial charge in [0.15, 0.2) is 11.5 Å². The predicted molar refractivity (Wildman–Crippen MR) is 95.4 cm³/mol. The maximum Gasteiger partial charge on any atom is 0.165 e. The van der Waals surface area contributed by atoms with Crippen molar-refractivity contribution in [2.45, 2.75) is 20.0 Å². The largest absolute Gasteiger partial charge is 0.497 e. The molecule has 2 aromatic carbocycles. The lowest BCUT2D eigenvalue weighted by Gasteiger charge is -2.15. The van der Waals surface area contributed by atoms with Gasteiger partial charge in [-0.15, -0.1) is 0 Å². The van der Waals surface area contributed by atoms with Crippen molar-refractivity contribution in [3.8, 4) is 17.2 Å². The highest BCUT2D eigenvalue weighted by Gasteiger charge is 2.12. The molecule has 0 aliphatic heterocycles. The summed E-state index contributed by atoms with van der Waals surface area (Å²) in [5.41, 5.74) is 2.26. The molecule has 5 heteroatoms. The van der Waals surface area contributed by atoms with Crippen LogP contribution in [0.15, 0.2) is 40.9 Å². The second-order valence-electron chi connectivity index (χ2n) is 4.98. The normalized spacial score (nSPS) is 10.4. The van der Waals surface area contributed by atoms with Crippen molar-refractivity contribution in [3.63, 3.8) is 0 Å². The van der Waals surface area contributed by atoms with Crippen LogP contribution in [0.2, 0.25) is 0 Å². The van der Waals surface area contributed by atoms with Crippen LogP contribution in [0.25, 0.3) is 0 Å². The maximum absolute atomic E-state index is 5.74. The van der Waals surface area contributed by atoms with Gasteiger partial charge in [-0.05, 0) is 36.8 Å². The number of halogens is 1. The summed E-state index contributed by atoms with van der Waals surface area (Å²) >= 11 is 3.51. The first-order valence-corrected chi connectivity index (χ1v) is 8.30. The minimum Gasteiger partial charge on any atom is -0.497 e. The third kappa shape index (κ3) is 4.88. The molecule has 0 saturated carbocycles. The van der Waals surface area contributed by atoms with Crippen LogP contribution in [-0.4, -0.2) is 20.8 Å². The van der Waals surface area contributed by atoms with Crippen LogP contribution >= 0.6 is 15.9 Å². The van der Waals surface area contributed by atoms with Crippen LogP contribution in [0.3, 0.4) is 0 Å². The molecule has 0 amide bonds. The van der Waals surface area contributed by atoms with E-state index in [0.29, 0.717) is 13.2 Å². The zero-order valence-corrected chi connectivity index (χ0v) is 15.3. The fraction of sp³-hybridized carbons (Fsp3) is 0.333. The Morgan fingerprint density at radius 2 is 1.74 bits per heavy atom. The highest BCUT2D eigenvalue weighted by Crippen LogP contribution is 2.34. The minimum atomic E-state index is 0.601. The van der Waals surface area contributed by atoms with E-state index in [4.69, 9.17) is 14.2 Å². The summed E-state index contributed by atoms with van der Waals surface area (Å²) in [5, 5.41) is 3.44. The van der Waals surface area contributed by atoms with E-state index in [1.807, 2.05) is 25.1 Å². The summed E-state index contributed by atoms with van der Waals surface area (Å²) < 4.78 is 17.3. The van der Waals surface area contributed by atoms with Crippen LogP contribution in [-0.2, 0) is 13.1 Å². The number of nitrogens with one attached hydrogen (secondary N) is 1. The monoisotopic (exact) mass is 379 g/mol. The summed E-state index contributed by atoms with van der Waals surface area (Å²) in [6.07, 6.45) is 0. The van der Waals surface area contributed by atoms with Crippen molar-refractivity contribution in [2.75, 3.05) is 20.8 Å². The molecular weight excluding hydrogens is 358 g/mol. The molecule has 0 fully saturated rings. The number of rotatable bonds is 8. The van der Waals surface area contributed by atoms with Crippen molar-refractivity contribution in [2.24, 2.45) is 0 Å². The van der Waals surface area contributed by atoms with Gasteiger partial charge in [0.2, 0.25) is 0 Å². The van der Waals surface area contributed by atoms with E-state index in [1.54, 1.807) is 14.2 Å². The van der Waals surface area contributed by atoms with E-state index in [0.717, 1.165) is 33.8 Å². The molecule has 0 saturated heterocycles. The van der Waals surface area contributed by atoms with Crippen LogP contribution in [0.1, 0.15) is 18.1 Å². The summed E-state index contributed by atoms with van der Waals surface area (Å²) in [7, 11) is 3.32. The average Bonchev–Trinajstić information content (AvgIpc) is 2.57. The van der Waals surface area contributed by atoms with Gasteiger partial charge < -0.3 is 19.5 Å². The van der Waals surface area contributed by atoms with Crippen LogP contribution < -0.4 is 19.5 Å². The highest BCUT2D eigenvalue weighted by atomic mass is 79.9. The third-order valence-electron chi connectivity index (χ3n) is 3.41. The molecule has 0 aliphatic carbocycles. The molecule has 124 valence electrons. The Labute approximate surface area is 145 Å². The van der Waals surface area contributed by atoms with E-state index in [2.05, 4.69) is 39.4 Å². The standard InChI is InChI=1S/C18H22BrNO3/c1-4-23-18-14(9-15(19)10-17(18)22-3)12-20-11-13-5-7-16(21-2)8-6-13/h5-10,20H,4,11-12H2,1-3H3. The Bertz CT molecular complexity index is 629. The zero-order chi connectivity index (χ0) is 16.7. The summed E-state index contributed by atoms with van der Waals surface area (Å²) in [4.78, 5) is 0. The second kappa shape index (κ2) is 8.79. The van der Waals surface area contributed by atoms with Gasteiger partial charge in [-0.25, -0.2) is 0 Å². The zero-order valence-electron chi connectivity index (χ0n) is 13.7. The molecule has 0 aromatic heterocycles. The lowest BCUT2D eigenvalue weighted by molar-refractivity contribution is 0.306. The molecule has 4 nitrogen and oxygen atoms in total. The number of benzene rings is 2. The minimum absolute atomic E-state index is 0.601. The molecule has 2 rings (SSSR count). The van der Waals surface area contributed by atoms with E-state index >= 15 is 0 Å². The quantitative estimate of drug-likeness (QED) is 0.747. The summed E-state index contributed by atoms with van der Waals surface area (Å²) in [6.45, 7) is 4.03.